The predicted octanol–water partition coefficient (Wildman–Crippen LogP) is -0.00310. The number of benzene rings is 1. The van der Waals surface area contributed by atoms with E-state index in [2.05, 4.69) is 27.4 Å². The molecule has 0 radical (unpaired) electrons. The predicted molar refractivity (Wildman–Crippen MR) is 120 cm³/mol. The van der Waals surface area contributed by atoms with Crippen LogP contribution in [0.5, 0.6) is 11.5 Å². The molecular weight excluding hydrogens is 414 g/mol. The van der Waals surface area contributed by atoms with E-state index in [9.17, 15) is 14.4 Å². The second kappa shape index (κ2) is 11.1. The molecule has 176 valence electrons. The van der Waals surface area contributed by atoms with Gasteiger partial charge in [0.05, 0.1) is 32.9 Å². The van der Waals surface area contributed by atoms with Crippen molar-refractivity contribution in [1.82, 2.24) is 20.0 Å². The smallest absolute Gasteiger partial charge is 0.243 e. The average molecular weight is 448 g/mol. The van der Waals surface area contributed by atoms with E-state index in [4.69, 9.17) is 9.47 Å². The Morgan fingerprint density at radius 3 is 2.47 bits per heavy atom. The zero-order chi connectivity index (χ0) is 23.1. The minimum absolute atomic E-state index is 0.124. The van der Waals surface area contributed by atoms with Crippen molar-refractivity contribution in [3.05, 3.63) is 18.2 Å². The van der Waals surface area contributed by atoms with Crippen molar-refractivity contribution >= 4 is 23.4 Å². The number of nitrogens with zero attached hydrogens (tertiary/aromatic N) is 3. The number of ether oxygens (including phenoxy) is 2. The number of anilines is 1. The first-order chi connectivity index (χ1) is 15.4. The maximum absolute atomic E-state index is 13.0. The number of carbonyl (C=O) groups is 3. The quantitative estimate of drug-likeness (QED) is 0.578. The number of carbonyl (C=O) groups excluding carboxylic acids is 3. The van der Waals surface area contributed by atoms with E-state index in [1.165, 1.54) is 19.1 Å². The molecule has 0 bridgehead atoms. The molecule has 1 aromatic rings. The lowest BCUT2D eigenvalue weighted by Gasteiger charge is -2.38. The van der Waals surface area contributed by atoms with Gasteiger partial charge < -0.3 is 29.9 Å². The monoisotopic (exact) mass is 447 g/mol. The number of rotatable bonds is 8. The molecule has 0 spiro atoms. The van der Waals surface area contributed by atoms with Crippen LogP contribution in [0.25, 0.3) is 0 Å². The molecule has 2 aliphatic heterocycles. The van der Waals surface area contributed by atoms with Crippen molar-refractivity contribution in [3.8, 4) is 11.5 Å². The van der Waals surface area contributed by atoms with Crippen molar-refractivity contribution in [3.63, 3.8) is 0 Å². The largest absolute Gasteiger partial charge is 0.497 e. The highest BCUT2D eigenvalue weighted by atomic mass is 16.5. The molecule has 2 saturated heterocycles. The van der Waals surface area contributed by atoms with Crippen LogP contribution >= 0.6 is 0 Å². The lowest BCUT2D eigenvalue weighted by atomic mass is 10.1. The summed E-state index contributed by atoms with van der Waals surface area (Å²) in [5.41, 5.74) is 0.444. The first kappa shape index (κ1) is 23.8. The van der Waals surface area contributed by atoms with Gasteiger partial charge in [-0.25, -0.2) is 0 Å². The van der Waals surface area contributed by atoms with Gasteiger partial charge in [0, 0.05) is 45.3 Å². The first-order valence-electron chi connectivity index (χ1n) is 11.0. The summed E-state index contributed by atoms with van der Waals surface area (Å²) in [6.07, 6.45) is -0.137. The second-order valence-corrected chi connectivity index (χ2v) is 7.92. The Hall–Kier alpha value is -2.85. The zero-order valence-electron chi connectivity index (χ0n) is 19.1. The van der Waals surface area contributed by atoms with Gasteiger partial charge in [0.1, 0.15) is 17.5 Å². The first-order valence-corrected chi connectivity index (χ1v) is 11.0. The number of methoxy groups -OCH3 is 2. The van der Waals surface area contributed by atoms with Crippen LogP contribution in [0.3, 0.4) is 0 Å². The Bertz CT molecular complexity index is 825. The van der Waals surface area contributed by atoms with Crippen LogP contribution < -0.4 is 20.1 Å². The molecule has 0 saturated carbocycles. The second-order valence-electron chi connectivity index (χ2n) is 7.92. The summed E-state index contributed by atoms with van der Waals surface area (Å²) in [7, 11) is 3.04. The minimum atomic E-state index is -0.843. The molecule has 2 aliphatic rings. The lowest BCUT2D eigenvalue weighted by molar-refractivity contribution is -0.145. The Kier molecular flexibility index (Phi) is 8.29. The van der Waals surface area contributed by atoms with Crippen molar-refractivity contribution in [2.45, 2.75) is 19.4 Å². The van der Waals surface area contributed by atoms with Crippen molar-refractivity contribution < 1.29 is 23.9 Å². The molecule has 32 heavy (non-hydrogen) atoms. The summed E-state index contributed by atoms with van der Waals surface area (Å²) in [5, 5.41) is 5.54. The fraction of sp³-hybridized carbons (Fsp3) is 0.591. The molecular formula is C22H33N5O5. The van der Waals surface area contributed by atoms with E-state index in [0.717, 1.165) is 32.7 Å². The number of nitrogens with one attached hydrogen (secondary N) is 2. The molecule has 2 N–H and O–H groups in total. The fourth-order valence-electron chi connectivity index (χ4n) is 4.05. The van der Waals surface area contributed by atoms with Gasteiger partial charge in [0.25, 0.3) is 0 Å². The third-order valence-electron chi connectivity index (χ3n) is 5.98. The van der Waals surface area contributed by atoms with Crippen LogP contribution in [0, 0.1) is 0 Å². The standard InChI is InChI=1S/C22H33N5O5/c1-4-25-9-11-26(12-10-25)15-21(29)27-8-7-23-22(30)18(27)14-20(28)24-17-13-16(31-2)5-6-19(17)32-3/h5-6,13,18H,4,7-12,14-15H2,1-3H3,(H,23,30)(H,24,28)/t18-/m1/s1. The number of likely N-dealkylation sites (N-methyl/N-ethyl adjacent to an activating group) is 1. The summed E-state index contributed by atoms with van der Waals surface area (Å²) in [5.74, 6) is 0.227. The highest BCUT2D eigenvalue weighted by molar-refractivity contribution is 5.98. The van der Waals surface area contributed by atoms with Crippen LogP contribution in [0.4, 0.5) is 5.69 Å². The summed E-state index contributed by atoms with van der Waals surface area (Å²) < 4.78 is 10.5. The van der Waals surface area contributed by atoms with Gasteiger partial charge in [0.2, 0.25) is 17.7 Å². The van der Waals surface area contributed by atoms with E-state index in [1.807, 2.05) is 0 Å². The third-order valence-corrected chi connectivity index (χ3v) is 5.98. The number of amides is 3. The molecule has 10 nitrogen and oxygen atoms in total. The molecule has 0 unspecified atom stereocenters. The van der Waals surface area contributed by atoms with Gasteiger partial charge in [-0.1, -0.05) is 6.92 Å². The molecule has 0 aliphatic carbocycles. The zero-order valence-corrected chi connectivity index (χ0v) is 19.1. The van der Waals surface area contributed by atoms with E-state index >= 15 is 0 Å². The molecule has 10 heteroatoms. The normalized spacial score (nSPS) is 19.9. The summed E-state index contributed by atoms with van der Waals surface area (Å²) in [6, 6.07) is 4.22. The summed E-state index contributed by atoms with van der Waals surface area (Å²) in [4.78, 5) is 44.3. The molecule has 3 rings (SSSR count). The maximum Gasteiger partial charge on any atom is 0.243 e. The van der Waals surface area contributed by atoms with Crippen LogP contribution in [-0.4, -0.2) is 105 Å². The van der Waals surface area contributed by atoms with Gasteiger partial charge in [-0.2, -0.15) is 0 Å². The number of piperazine rings is 2. The van der Waals surface area contributed by atoms with Crippen LogP contribution in [0.2, 0.25) is 0 Å². The van der Waals surface area contributed by atoms with E-state index < -0.39 is 6.04 Å². The molecule has 2 heterocycles. The van der Waals surface area contributed by atoms with E-state index in [0.29, 0.717) is 30.3 Å². The summed E-state index contributed by atoms with van der Waals surface area (Å²) in [6.45, 7) is 7.66. The maximum atomic E-state index is 13.0. The molecule has 1 atom stereocenters. The highest BCUT2D eigenvalue weighted by Crippen LogP contribution is 2.29. The van der Waals surface area contributed by atoms with Gasteiger partial charge in [-0.3, -0.25) is 19.3 Å². The average Bonchev–Trinajstić information content (AvgIpc) is 2.80. The lowest BCUT2D eigenvalue weighted by Crippen LogP contribution is -2.60. The highest BCUT2D eigenvalue weighted by Gasteiger charge is 2.35. The molecule has 3 amide bonds. The Morgan fingerprint density at radius 2 is 1.81 bits per heavy atom. The van der Waals surface area contributed by atoms with Gasteiger partial charge in [0.15, 0.2) is 0 Å². The van der Waals surface area contributed by atoms with E-state index in [1.54, 1.807) is 18.2 Å². The van der Waals surface area contributed by atoms with Crippen LogP contribution in [0.15, 0.2) is 18.2 Å². The number of hydrogen-bond donors (Lipinski definition) is 2. The molecule has 1 aromatic carbocycles. The minimum Gasteiger partial charge on any atom is -0.497 e. The fourth-order valence-corrected chi connectivity index (χ4v) is 4.05. The van der Waals surface area contributed by atoms with E-state index in [-0.39, 0.29) is 30.7 Å². The molecule has 0 aromatic heterocycles. The van der Waals surface area contributed by atoms with Crippen LogP contribution in [-0.2, 0) is 14.4 Å². The third kappa shape index (κ3) is 5.89. The SMILES string of the molecule is CCN1CCN(CC(=O)N2CCNC(=O)[C@H]2CC(=O)Nc2cc(OC)ccc2OC)CC1. The van der Waals surface area contributed by atoms with Crippen molar-refractivity contribution in [2.75, 3.05) is 71.9 Å². The van der Waals surface area contributed by atoms with Crippen molar-refractivity contribution in [2.24, 2.45) is 0 Å². The topological polar surface area (TPSA) is 103 Å². The van der Waals surface area contributed by atoms with Gasteiger partial charge >= 0.3 is 0 Å². The van der Waals surface area contributed by atoms with Crippen LogP contribution in [0.1, 0.15) is 13.3 Å². The Morgan fingerprint density at radius 1 is 1.09 bits per heavy atom. The van der Waals surface area contributed by atoms with Gasteiger partial charge in [-0.15, -0.1) is 0 Å². The van der Waals surface area contributed by atoms with Gasteiger partial charge in [-0.05, 0) is 18.7 Å². The Labute approximate surface area is 188 Å². The van der Waals surface area contributed by atoms with Crippen molar-refractivity contribution in [1.29, 1.82) is 0 Å². The Balaban J connectivity index is 1.63. The number of hydrogen-bond acceptors (Lipinski definition) is 7. The molecule has 2 fully saturated rings. The summed E-state index contributed by atoms with van der Waals surface area (Å²) >= 11 is 0.